The summed E-state index contributed by atoms with van der Waals surface area (Å²) in [6, 6.07) is 15.6. The molecule has 1 fully saturated rings. The normalized spacial score (nSPS) is 15.3. The fraction of sp³-hybridized carbons (Fsp3) is 0.250. The quantitative estimate of drug-likeness (QED) is 0.688. The number of amides is 1. The van der Waals surface area contributed by atoms with Crippen molar-refractivity contribution >= 4 is 45.9 Å². The zero-order chi connectivity index (χ0) is 17.9. The van der Waals surface area contributed by atoms with Gasteiger partial charge in [-0.25, -0.2) is 0 Å². The number of rotatable bonds is 4. The molecule has 0 spiro atoms. The fourth-order valence-corrected chi connectivity index (χ4v) is 4.51. The number of H-pyrrole nitrogens is 1. The maximum atomic E-state index is 12.8. The zero-order valence-corrected chi connectivity index (χ0v) is 15.9. The van der Waals surface area contributed by atoms with Gasteiger partial charge >= 0.3 is 0 Å². The van der Waals surface area contributed by atoms with E-state index in [4.69, 9.17) is 11.6 Å². The highest BCUT2D eigenvalue weighted by Gasteiger charge is 2.18. The molecular weight excluding hydrogens is 366 g/mol. The van der Waals surface area contributed by atoms with Crippen LogP contribution in [0.4, 0.5) is 5.69 Å². The molecule has 0 unspecified atom stereocenters. The lowest BCUT2D eigenvalue weighted by atomic mass is 10.1. The summed E-state index contributed by atoms with van der Waals surface area (Å²) >= 11 is 8.41. The van der Waals surface area contributed by atoms with Crippen LogP contribution >= 0.6 is 23.4 Å². The van der Waals surface area contributed by atoms with Gasteiger partial charge in [0.25, 0.3) is 5.91 Å². The molecule has 1 aliphatic heterocycles. The molecule has 1 aliphatic rings. The van der Waals surface area contributed by atoms with Crippen LogP contribution in [-0.4, -0.2) is 40.4 Å². The summed E-state index contributed by atoms with van der Waals surface area (Å²) in [4.78, 5) is 18.4. The molecule has 26 heavy (non-hydrogen) atoms. The zero-order valence-electron chi connectivity index (χ0n) is 14.3. The Morgan fingerprint density at radius 1 is 1.12 bits per heavy atom. The number of benzene rings is 2. The lowest BCUT2D eigenvalue weighted by molar-refractivity contribution is 0.102. The number of halogens is 1. The lowest BCUT2D eigenvalue weighted by Crippen LogP contribution is -2.32. The van der Waals surface area contributed by atoms with Crippen LogP contribution in [0.3, 0.4) is 0 Å². The van der Waals surface area contributed by atoms with Crippen molar-refractivity contribution in [1.29, 1.82) is 0 Å². The van der Waals surface area contributed by atoms with Gasteiger partial charge in [0.2, 0.25) is 0 Å². The molecule has 134 valence electrons. The average molecular weight is 386 g/mol. The minimum atomic E-state index is -0.215. The molecule has 2 heterocycles. The minimum absolute atomic E-state index is 0.215. The number of carbonyl (C=O) groups is 1. The van der Waals surface area contributed by atoms with E-state index in [1.165, 1.54) is 11.5 Å². The molecule has 1 saturated heterocycles. The second kappa shape index (κ2) is 7.74. The Balaban J connectivity index is 1.56. The van der Waals surface area contributed by atoms with Crippen LogP contribution in [0.5, 0.6) is 0 Å². The molecule has 1 amide bonds. The first-order valence-corrected chi connectivity index (χ1v) is 10.2. The highest BCUT2D eigenvalue weighted by Crippen LogP contribution is 2.28. The Morgan fingerprint density at radius 2 is 1.85 bits per heavy atom. The van der Waals surface area contributed by atoms with E-state index >= 15 is 0 Å². The molecule has 6 heteroatoms. The third kappa shape index (κ3) is 3.61. The van der Waals surface area contributed by atoms with Gasteiger partial charge < -0.3 is 10.3 Å². The number of nitrogens with one attached hydrogen (secondary N) is 2. The van der Waals surface area contributed by atoms with E-state index in [1.54, 1.807) is 0 Å². The molecule has 0 atom stereocenters. The first kappa shape index (κ1) is 17.5. The summed E-state index contributed by atoms with van der Waals surface area (Å²) in [5.74, 6) is 2.12. The topological polar surface area (TPSA) is 48.1 Å². The number of fused-ring (bicyclic) bond motifs is 1. The van der Waals surface area contributed by atoms with E-state index in [0.717, 1.165) is 41.8 Å². The van der Waals surface area contributed by atoms with Gasteiger partial charge in [-0.3, -0.25) is 9.69 Å². The van der Waals surface area contributed by atoms with Crippen molar-refractivity contribution in [2.45, 2.75) is 6.54 Å². The van der Waals surface area contributed by atoms with Gasteiger partial charge in [0.1, 0.15) is 5.69 Å². The van der Waals surface area contributed by atoms with Crippen molar-refractivity contribution in [2.75, 3.05) is 29.9 Å². The van der Waals surface area contributed by atoms with Crippen molar-refractivity contribution in [3.8, 4) is 0 Å². The van der Waals surface area contributed by atoms with Gasteiger partial charge in [0.15, 0.2) is 0 Å². The first-order valence-electron chi connectivity index (χ1n) is 8.68. The van der Waals surface area contributed by atoms with E-state index < -0.39 is 0 Å². The maximum Gasteiger partial charge on any atom is 0.273 e. The number of hydrogen-bond donors (Lipinski definition) is 2. The highest BCUT2D eigenvalue weighted by molar-refractivity contribution is 7.99. The van der Waals surface area contributed by atoms with Gasteiger partial charge in [0.05, 0.1) is 5.02 Å². The maximum absolute atomic E-state index is 12.8. The van der Waals surface area contributed by atoms with Crippen molar-refractivity contribution in [3.05, 3.63) is 64.8 Å². The van der Waals surface area contributed by atoms with Crippen LogP contribution in [0.2, 0.25) is 5.02 Å². The molecule has 2 N–H and O–H groups in total. The Morgan fingerprint density at radius 3 is 2.65 bits per heavy atom. The summed E-state index contributed by atoms with van der Waals surface area (Å²) in [5, 5.41) is 4.35. The van der Waals surface area contributed by atoms with Gasteiger partial charge in [-0.15, -0.1) is 0 Å². The van der Waals surface area contributed by atoms with Gasteiger partial charge in [-0.2, -0.15) is 11.8 Å². The highest BCUT2D eigenvalue weighted by atomic mass is 35.5. The third-order valence-electron chi connectivity index (χ3n) is 4.63. The van der Waals surface area contributed by atoms with Crippen molar-refractivity contribution in [3.63, 3.8) is 0 Å². The molecule has 0 saturated carbocycles. The molecule has 1 aromatic heterocycles. The van der Waals surface area contributed by atoms with Crippen molar-refractivity contribution < 1.29 is 4.79 Å². The average Bonchev–Trinajstić information content (AvgIpc) is 3.01. The van der Waals surface area contributed by atoms with Gasteiger partial charge in [-0.1, -0.05) is 48.0 Å². The predicted molar refractivity (Wildman–Crippen MR) is 110 cm³/mol. The molecule has 3 aromatic rings. The SMILES string of the molecule is O=C(Nc1ccccc1CN1CCSCC1)c1[nH]c2ccccc2c1Cl. The lowest BCUT2D eigenvalue weighted by Gasteiger charge is -2.27. The number of aromatic amines is 1. The molecular formula is C20H20ClN3OS. The van der Waals surface area contributed by atoms with Crippen LogP contribution in [0.25, 0.3) is 10.9 Å². The summed E-state index contributed by atoms with van der Waals surface area (Å²) in [6.07, 6.45) is 0. The number of thioether (sulfide) groups is 1. The smallest absolute Gasteiger partial charge is 0.273 e. The first-order chi connectivity index (χ1) is 12.7. The van der Waals surface area contributed by atoms with E-state index in [9.17, 15) is 4.79 Å². The molecule has 0 radical (unpaired) electrons. The minimum Gasteiger partial charge on any atom is -0.349 e. The van der Waals surface area contributed by atoms with E-state index in [-0.39, 0.29) is 5.91 Å². The number of aromatic nitrogens is 1. The molecule has 2 aromatic carbocycles. The number of anilines is 1. The number of para-hydroxylation sites is 2. The van der Waals surface area contributed by atoms with E-state index in [0.29, 0.717) is 10.7 Å². The van der Waals surface area contributed by atoms with Crippen LogP contribution in [-0.2, 0) is 6.54 Å². The van der Waals surface area contributed by atoms with Crippen LogP contribution in [0.15, 0.2) is 48.5 Å². The third-order valence-corrected chi connectivity index (χ3v) is 5.97. The van der Waals surface area contributed by atoms with Crippen molar-refractivity contribution in [2.24, 2.45) is 0 Å². The van der Waals surface area contributed by atoms with Crippen LogP contribution < -0.4 is 5.32 Å². The molecule has 4 rings (SSSR count). The fourth-order valence-electron chi connectivity index (χ4n) is 3.23. The van der Waals surface area contributed by atoms with Gasteiger partial charge in [-0.05, 0) is 17.7 Å². The Labute approximate surface area is 161 Å². The van der Waals surface area contributed by atoms with E-state index in [2.05, 4.69) is 21.3 Å². The largest absolute Gasteiger partial charge is 0.349 e. The molecule has 0 bridgehead atoms. The standard InChI is InChI=1S/C20H20ClN3OS/c21-18-15-6-2-4-8-17(15)22-19(18)20(25)23-16-7-3-1-5-14(16)13-24-9-11-26-12-10-24/h1-8,22H,9-13H2,(H,23,25). The number of carbonyl (C=O) groups excluding carboxylic acids is 1. The summed E-state index contributed by atoms with van der Waals surface area (Å²) in [5.41, 5.74) is 3.23. The Kier molecular flexibility index (Phi) is 5.20. The molecule has 4 nitrogen and oxygen atoms in total. The summed E-state index contributed by atoms with van der Waals surface area (Å²) < 4.78 is 0. The second-order valence-corrected chi connectivity index (χ2v) is 7.96. The van der Waals surface area contributed by atoms with Crippen LogP contribution in [0, 0.1) is 0 Å². The molecule has 0 aliphatic carbocycles. The summed E-state index contributed by atoms with van der Waals surface area (Å²) in [7, 11) is 0. The van der Waals surface area contributed by atoms with Crippen LogP contribution in [0.1, 0.15) is 16.1 Å². The van der Waals surface area contributed by atoms with Gasteiger partial charge in [0, 0.05) is 47.7 Å². The summed E-state index contributed by atoms with van der Waals surface area (Å²) in [6.45, 7) is 3.01. The van der Waals surface area contributed by atoms with E-state index in [1.807, 2.05) is 54.2 Å². The predicted octanol–water partition coefficient (Wildman–Crippen LogP) is 4.62. The Hall–Kier alpha value is -1.95. The number of nitrogens with zero attached hydrogens (tertiary/aromatic N) is 1. The monoisotopic (exact) mass is 385 g/mol. The second-order valence-electron chi connectivity index (χ2n) is 6.36. The van der Waals surface area contributed by atoms with Crippen molar-refractivity contribution in [1.82, 2.24) is 9.88 Å². The Bertz CT molecular complexity index is 934. The number of hydrogen-bond acceptors (Lipinski definition) is 3.